The average molecular weight is 246 g/mol. The zero-order valence-electron chi connectivity index (χ0n) is 10.3. The predicted octanol–water partition coefficient (Wildman–Crippen LogP) is 1.47. The molecule has 0 saturated carbocycles. The van der Waals surface area contributed by atoms with Gasteiger partial charge in [-0.15, -0.1) is 0 Å². The molecular formula is C13H14N2O3. The molecule has 0 bridgehead atoms. The Labute approximate surface area is 104 Å². The van der Waals surface area contributed by atoms with E-state index in [0.29, 0.717) is 11.2 Å². The van der Waals surface area contributed by atoms with Crippen molar-refractivity contribution in [3.8, 4) is 0 Å². The fraction of sp³-hybridized carbons (Fsp3) is 0.231. The molecule has 0 N–H and O–H groups in total. The van der Waals surface area contributed by atoms with Crippen LogP contribution in [-0.4, -0.2) is 22.2 Å². The summed E-state index contributed by atoms with van der Waals surface area (Å²) in [7, 11) is 1.30. The van der Waals surface area contributed by atoms with Gasteiger partial charge in [0.05, 0.1) is 18.1 Å². The third-order valence-corrected chi connectivity index (χ3v) is 2.73. The molecule has 1 heterocycles. The van der Waals surface area contributed by atoms with Crippen LogP contribution in [0.25, 0.3) is 16.7 Å². The van der Waals surface area contributed by atoms with E-state index in [-0.39, 0.29) is 12.2 Å². The maximum atomic E-state index is 12.2. The lowest BCUT2D eigenvalue weighted by Gasteiger charge is -2.00. The molecule has 1 aromatic heterocycles. The van der Waals surface area contributed by atoms with Gasteiger partial charge in [-0.2, -0.15) is 0 Å². The quantitative estimate of drug-likeness (QED) is 0.770. The van der Waals surface area contributed by atoms with Crippen molar-refractivity contribution in [2.45, 2.75) is 13.5 Å². The molecule has 0 aliphatic heterocycles. The molecule has 0 amide bonds. The number of carbonyl (C=O) groups is 1. The van der Waals surface area contributed by atoms with Crippen molar-refractivity contribution in [1.29, 1.82) is 0 Å². The Morgan fingerprint density at radius 2 is 1.94 bits per heavy atom. The summed E-state index contributed by atoms with van der Waals surface area (Å²) >= 11 is 0. The Balaban J connectivity index is 2.73. The minimum absolute atomic E-state index is 0.101. The number of benzene rings is 1. The van der Waals surface area contributed by atoms with Gasteiger partial charge in [-0.05, 0) is 19.1 Å². The number of hydrogen-bond acceptors (Lipinski definition) is 3. The van der Waals surface area contributed by atoms with Crippen molar-refractivity contribution in [3.05, 3.63) is 41.3 Å². The molecule has 5 nitrogen and oxygen atoms in total. The zero-order valence-corrected chi connectivity index (χ0v) is 10.3. The molecule has 0 fully saturated rings. The van der Waals surface area contributed by atoms with Gasteiger partial charge in [0, 0.05) is 5.70 Å². The van der Waals surface area contributed by atoms with Crippen molar-refractivity contribution < 1.29 is 9.53 Å². The SMILES string of the molecule is C=C(C)n1c(=O)n(CC(=O)OC)c2ccccc21. The molecule has 18 heavy (non-hydrogen) atoms. The molecule has 0 spiro atoms. The van der Waals surface area contributed by atoms with E-state index in [0.717, 1.165) is 5.52 Å². The second-order valence-electron chi connectivity index (χ2n) is 4.00. The first-order valence-corrected chi connectivity index (χ1v) is 5.49. The Morgan fingerprint density at radius 1 is 1.33 bits per heavy atom. The Hall–Kier alpha value is -2.30. The first-order chi connectivity index (χ1) is 8.56. The Bertz CT molecular complexity index is 679. The van der Waals surface area contributed by atoms with Gasteiger partial charge in [-0.1, -0.05) is 18.7 Å². The second-order valence-corrected chi connectivity index (χ2v) is 4.00. The number of aromatic nitrogens is 2. The van der Waals surface area contributed by atoms with Crippen molar-refractivity contribution in [2.75, 3.05) is 7.11 Å². The number of carbonyl (C=O) groups excluding carboxylic acids is 1. The summed E-state index contributed by atoms with van der Waals surface area (Å²) in [5.74, 6) is -0.457. The topological polar surface area (TPSA) is 53.2 Å². The summed E-state index contributed by atoms with van der Waals surface area (Å²) in [6, 6.07) is 7.26. The summed E-state index contributed by atoms with van der Waals surface area (Å²) in [5, 5.41) is 0. The van der Waals surface area contributed by atoms with Crippen molar-refractivity contribution in [3.63, 3.8) is 0 Å². The smallest absolute Gasteiger partial charge is 0.333 e. The first-order valence-electron chi connectivity index (χ1n) is 5.49. The summed E-state index contributed by atoms with van der Waals surface area (Å²) in [6.07, 6.45) is 0. The molecule has 0 aliphatic carbocycles. The van der Waals surface area contributed by atoms with E-state index in [2.05, 4.69) is 11.3 Å². The van der Waals surface area contributed by atoms with Crippen LogP contribution in [0, 0.1) is 0 Å². The third kappa shape index (κ3) is 1.84. The number of allylic oxidation sites excluding steroid dienone is 1. The summed E-state index contributed by atoms with van der Waals surface area (Å²) < 4.78 is 7.47. The van der Waals surface area contributed by atoms with Gasteiger partial charge in [0.25, 0.3) is 0 Å². The minimum atomic E-state index is -0.457. The van der Waals surface area contributed by atoms with Gasteiger partial charge >= 0.3 is 11.7 Å². The highest BCUT2D eigenvalue weighted by Gasteiger charge is 2.15. The number of nitrogens with zero attached hydrogens (tertiary/aromatic N) is 2. The molecule has 0 radical (unpaired) electrons. The first kappa shape index (κ1) is 12.2. The fourth-order valence-electron chi connectivity index (χ4n) is 1.92. The molecule has 0 unspecified atom stereocenters. The largest absolute Gasteiger partial charge is 0.468 e. The van der Waals surface area contributed by atoms with E-state index < -0.39 is 5.97 Å². The number of para-hydroxylation sites is 2. The van der Waals surface area contributed by atoms with Crippen LogP contribution in [0.5, 0.6) is 0 Å². The van der Waals surface area contributed by atoms with Crippen LogP contribution in [-0.2, 0) is 16.1 Å². The summed E-state index contributed by atoms with van der Waals surface area (Å²) in [5.41, 5.74) is 1.75. The van der Waals surface area contributed by atoms with E-state index in [1.807, 2.05) is 18.2 Å². The van der Waals surface area contributed by atoms with Crippen LogP contribution in [0.4, 0.5) is 0 Å². The molecule has 2 rings (SSSR count). The van der Waals surface area contributed by atoms with Crippen molar-refractivity contribution in [2.24, 2.45) is 0 Å². The number of methoxy groups -OCH3 is 1. The van der Waals surface area contributed by atoms with Gasteiger partial charge in [0.15, 0.2) is 0 Å². The molecular weight excluding hydrogens is 232 g/mol. The van der Waals surface area contributed by atoms with Gasteiger partial charge in [-0.3, -0.25) is 13.9 Å². The van der Waals surface area contributed by atoms with Crippen LogP contribution in [0.3, 0.4) is 0 Å². The fourth-order valence-corrected chi connectivity index (χ4v) is 1.92. The minimum Gasteiger partial charge on any atom is -0.468 e. The predicted molar refractivity (Wildman–Crippen MR) is 69.2 cm³/mol. The van der Waals surface area contributed by atoms with Crippen molar-refractivity contribution in [1.82, 2.24) is 9.13 Å². The number of hydrogen-bond donors (Lipinski definition) is 0. The highest BCUT2D eigenvalue weighted by molar-refractivity contribution is 5.81. The van der Waals surface area contributed by atoms with Crippen LogP contribution in [0.15, 0.2) is 35.6 Å². The zero-order chi connectivity index (χ0) is 13.3. The maximum absolute atomic E-state index is 12.2. The number of esters is 1. The molecule has 1 aromatic carbocycles. The van der Waals surface area contributed by atoms with Gasteiger partial charge < -0.3 is 4.74 Å². The number of ether oxygens (including phenoxy) is 1. The molecule has 0 aliphatic rings. The molecule has 2 aromatic rings. The number of rotatable bonds is 3. The van der Waals surface area contributed by atoms with E-state index in [1.54, 1.807) is 13.0 Å². The third-order valence-electron chi connectivity index (χ3n) is 2.73. The molecule has 5 heteroatoms. The Kier molecular flexibility index (Phi) is 3.06. The van der Waals surface area contributed by atoms with Gasteiger partial charge in [0.1, 0.15) is 6.54 Å². The average Bonchev–Trinajstić information content (AvgIpc) is 2.62. The normalized spacial score (nSPS) is 10.6. The number of fused-ring (bicyclic) bond motifs is 1. The van der Waals surface area contributed by atoms with Crippen LogP contribution in [0.2, 0.25) is 0 Å². The van der Waals surface area contributed by atoms with Crippen LogP contribution >= 0.6 is 0 Å². The Morgan fingerprint density at radius 3 is 2.50 bits per heavy atom. The van der Waals surface area contributed by atoms with E-state index in [1.165, 1.54) is 16.2 Å². The molecule has 0 saturated heterocycles. The lowest BCUT2D eigenvalue weighted by atomic mass is 10.3. The molecule has 0 atom stereocenters. The molecule has 94 valence electrons. The standard InChI is InChI=1S/C13H14N2O3/c1-9(2)15-11-7-5-4-6-10(11)14(13(15)17)8-12(16)18-3/h4-7H,1,8H2,2-3H3. The van der Waals surface area contributed by atoms with Gasteiger partial charge in [-0.25, -0.2) is 4.79 Å². The maximum Gasteiger partial charge on any atom is 0.333 e. The lowest BCUT2D eigenvalue weighted by Crippen LogP contribution is -2.26. The van der Waals surface area contributed by atoms with E-state index in [9.17, 15) is 9.59 Å². The van der Waals surface area contributed by atoms with Crippen LogP contribution < -0.4 is 5.69 Å². The van der Waals surface area contributed by atoms with Crippen LogP contribution in [0.1, 0.15) is 6.92 Å². The van der Waals surface area contributed by atoms with Crippen molar-refractivity contribution >= 4 is 22.7 Å². The monoisotopic (exact) mass is 246 g/mol. The van der Waals surface area contributed by atoms with E-state index in [4.69, 9.17) is 0 Å². The van der Waals surface area contributed by atoms with Gasteiger partial charge in [0.2, 0.25) is 0 Å². The highest BCUT2D eigenvalue weighted by atomic mass is 16.5. The second kappa shape index (κ2) is 4.52. The summed E-state index contributed by atoms with van der Waals surface area (Å²) in [6.45, 7) is 5.43. The van der Waals surface area contributed by atoms with E-state index >= 15 is 0 Å². The highest BCUT2D eigenvalue weighted by Crippen LogP contribution is 2.15. The summed E-state index contributed by atoms with van der Waals surface area (Å²) in [4.78, 5) is 23.6. The number of imidazole rings is 1. The lowest BCUT2D eigenvalue weighted by molar-refractivity contribution is -0.141.